The van der Waals surface area contributed by atoms with Crippen LogP contribution in [0.2, 0.25) is 0 Å². The molecule has 0 radical (unpaired) electrons. The van der Waals surface area contributed by atoms with Gasteiger partial charge in [-0.25, -0.2) is 9.59 Å². The molecule has 21 heavy (non-hydrogen) atoms. The summed E-state index contributed by atoms with van der Waals surface area (Å²) in [6, 6.07) is 8.52. The quantitative estimate of drug-likeness (QED) is 0.665. The van der Waals surface area contributed by atoms with Gasteiger partial charge >= 0.3 is 12.1 Å². The van der Waals surface area contributed by atoms with Crippen molar-refractivity contribution in [3.05, 3.63) is 48.0 Å². The van der Waals surface area contributed by atoms with E-state index in [1.165, 1.54) is 0 Å². The SMILES string of the molecule is C=C(C[C@H](O)[C@H](C)NC(=O)OCc1ccccc1)C(=O)O. The minimum absolute atomic E-state index is 0.117. The molecular formula is C15H19NO5. The van der Waals surface area contributed by atoms with Crippen LogP contribution >= 0.6 is 0 Å². The summed E-state index contributed by atoms with van der Waals surface area (Å²) in [7, 11) is 0. The van der Waals surface area contributed by atoms with E-state index in [-0.39, 0.29) is 18.6 Å². The van der Waals surface area contributed by atoms with E-state index in [2.05, 4.69) is 11.9 Å². The molecule has 6 heteroatoms. The summed E-state index contributed by atoms with van der Waals surface area (Å²) in [6.07, 6.45) is -1.85. The number of carboxylic acid groups (broad SMARTS) is 1. The van der Waals surface area contributed by atoms with E-state index < -0.39 is 24.2 Å². The van der Waals surface area contributed by atoms with E-state index >= 15 is 0 Å². The van der Waals surface area contributed by atoms with E-state index in [0.29, 0.717) is 0 Å². The molecule has 0 aliphatic carbocycles. The number of carbonyl (C=O) groups excluding carboxylic acids is 1. The molecule has 6 nitrogen and oxygen atoms in total. The van der Waals surface area contributed by atoms with Crippen LogP contribution < -0.4 is 5.32 Å². The third kappa shape index (κ3) is 6.09. The number of aliphatic carboxylic acids is 1. The predicted molar refractivity (Wildman–Crippen MR) is 76.6 cm³/mol. The molecule has 1 aromatic carbocycles. The summed E-state index contributed by atoms with van der Waals surface area (Å²) in [5.41, 5.74) is 0.730. The maximum absolute atomic E-state index is 11.6. The van der Waals surface area contributed by atoms with Crippen LogP contribution in [0.1, 0.15) is 18.9 Å². The Kier molecular flexibility index (Phi) is 6.42. The molecule has 0 aliphatic heterocycles. The first-order valence-electron chi connectivity index (χ1n) is 6.46. The largest absolute Gasteiger partial charge is 0.478 e. The minimum atomic E-state index is -1.17. The average molecular weight is 293 g/mol. The highest BCUT2D eigenvalue weighted by Gasteiger charge is 2.20. The number of alkyl carbamates (subject to hydrolysis) is 1. The van der Waals surface area contributed by atoms with Crippen molar-refractivity contribution in [1.82, 2.24) is 5.32 Å². The van der Waals surface area contributed by atoms with Crippen LogP contribution in [0.25, 0.3) is 0 Å². The summed E-state index contributed by atoms with van der Waals surface area (Å²) in [5.74, 6) is -1.17. The Hall–Kier alpha value is -2.34. The molecule has 1 amide bonds. The molecule has 0 fully saturated rings. The number of aliphatic hydroxyl groups excluding tert-OH is 1. The van der Waals surface area contributed by atoms with Crippen LogP contribution in [0.5, 0.6) is 0 Å². The van der Waals surface area contributed by atoms with Crippen molar-refractivity contribution >= 4 is 12.1 Å². The first-order chi connectivity index (χ1) is 9.90. The van der Waals surface area contributed by atoms with Crippen LogP contribution in [-0.2, 0) is 16.1 Å². The number of benzene rings is 1. The number of amides is 1. The van der Waals surface area contributed by atoms with Gasteiger partial charge in [-0.3, -0.25) is 0 Å². The second-order valence-corrected chi connectivity index (χ2v) is 4.67. The lowest BCUT2D eigenvalue weighted by atomic mass is 10.0. The van der Waals surface area contributed by atoms with Crippen LogP contribution in [0.15, 0.2) is 42.5 Å². The van der Waals surface area contributed by atoms with E-state index in [9.17, 15) is 14.7 Å². The zero-order chi connectivity index (χ0) is 15.8. The molecular weight excluding hydrogens is 274 g/mol. The number of ether oxygens (including phenoxy) is 1. The van der Waals surface area contributed by atoms with Gasteiger partial charge in [0.05, 0.1) is 12.1 Å². The smallest absolute Gasteiger partial charge is 0.407 e. The van der Waals surface area contributed by atoms with Crippen LogP contribution in [0, 0.1) is 0 Å². The monoisotopic (exact) mass is 293 g/mol. The van der Waals surface area contributed by atoms with Crippen molar-refractivity contribution in [2.45, 2.75) is 32.1 Å². The number of carboxylic acids is 1. The standard InChI is InChI=1S/C15H19NO5/c1-10(14(18)19)8-13(17)11(2)16-15(20)21-9-12-6-4-3-5-7-12/h3-7,11,13,17H,1,8-9H2,2H3,(H,16,20)(H,18,19)/t11-,13-/m0/s1. The van der Waals surface area contributed by atoms with Gasteiger partial charge in [-0.05, 0) is 12.5 Å². The Bertz CT molecular complexity index is 500. The average Bonchev–Trinajstić information content (AvgIpc) is 2.45. The van der Waals surface area contributed by atoms with E-state index in [0.717, 1.165) is 5.56 Å². The molecule has 0 saturated heterocycles. The molecule has 0 heterocycles. The van der Waals surface area contributed by atoms with E-state index in [1.54, 1.807) is 6.92 Å². The van der Waals surface area contributed by atoms with Crippen molar-refractivity contribution in [2.24, 2.45) is 0 Å². The molecule has 3 N–H and O–H groups in total. The van der Waals surface area contributed by atoms with Gasteiger partial charge in [0.25, 0.3) is 0 Å². The normalized spacial score (nSPS) is 13.0. The summed E-state index contributed by atoms with van der Waals surface area (Å²) < 4.78 is 5.00. The van der Waals surface area contributed by atoms with Gasteiger partial charge in [0.1, 0.15) is 6.61 Å². The van der Waals surface area contributed by atoms with Gasteiger partial charge in [-0.1, -0.05) is 36.9 Å². The number of hydrogen-bond acceptors (Lipinski definition) is 4. The summed E-state index contributed by atoms with van der Waals surface area (Å²) >= 11 is 0. The first kappa shape index (κ1) is 16.7. The minimum Gasteiger partial charge on any atom is -0.478 e. The van der Waals surface area contributed by atoms with Crippen LogP contribution in [0.4, 0.5) is 4.79 Å². The fraction of sp³-hybridized carbons (Fsp3) is 0.333. The molecule has 1 rings (SSSR count). The lowest BCUT2D eigenvalue weighted by Crippen LogP contribution is -2.41. The molecule has 2 atom stereocenters. The maximum atomic E-state index is 11.6. The number of aliphatic hydroxyl groups is 1. The van der Waals surface area contributed by atoms with E-state index in [1.807, 2.05) is 30.3 Å². The number of rotatable bonds is 7. The Labute approximate surface area is 123 Å². The third-order valence-electron chi connectivity index (χ3n) is 2.89. The van der Waals surface area contributed by atoms with Crippen LogP contribution in [0.3, 0.4) is 0 Å². The number of hydrogen-bond donors (Lipinski definition) is 3. The highest BCUT2D eigenvalue weighted by atomic mass is 16.5. The van der Waals surface area contributed by atoms with Crippen molar-refractivity contribution in [1.29, 1.82) is 0 Å². The van der Waals surface area contributed by atoms with Gasteiger partial charge in [-0.15, -0.1) is 0 Å². The van der Waals surface area contributed by atoms with Crippen molar-refractivity contribution in [3.8, 4) is 0 Å². The summed E-state index contributed by atoms with van der Waals surface area (Å²) in [6.45, 7) is 5.01. The van der Waals surface area contributed by atoms with Crippen molar-refractivity contribution < 1.29 is 24.5 Å². The topological polar surface area (TPSA) is 95.9 Å². The zero-order valence-corrected chi connectivity index (χ0v) is 11.8. The Morgan fingerprint density at radius 1 is 1.33 bits per heavy atom. The van der Waals surface area contributed by atoms with Crippen LogP contribution in [-0.4, -0.2) is 34.4 Å². The maximum Gasteiger partial charge on any atom is 0.407 e. The van der Waals surface area contributed by atoms with Gasteiger partial charge in [0.15, 0.2) is 0 Å². The summed E-state index contributed by atoms with van der Waals surface area (Å²) in [4.78, 5) is 22.2. The number of nitrogens with one attached hydrogen (secondary N) is 1. The fourth-order valence-corrected chi connectivity index (χ4v) is 1.56. The molecule has 0 spiro atoms. The van der Waals surface area contributed by atoms with Gasteiger partial charge in [0.2, 0.25) is 0 Å². The molecule has 0 saturated carbocycles. The second-order valence-electron chi connectivity index (χ2n) is 4.67. The van der Waals surface area contributed by atoms with Gasteiger partial charge in [0, 0.05) is 12.0 Å². The predicted octanol–water partition coefficient (Wildman–Crippen LogP) is 1.69. The molecule has 0 bridgehead atoms. The lowest BCUT2D eigenvalue weighted by Gasteiger charge is -2.20. The fourth-order valence-electron chi connectivity index (χ4n) is 1.56. The van der Waals surface area contributed by atoms with E-state index in [4.69, 9.17) is 9.84 Å². The number of carbonyl (C=O) groups is 2. The molecule has 0 aliphatic rings. The Morgan fingerprint density at radius 3 is 2.52 bits per heavy atom. The van der Waals surface area contributed by atoms with Gasteiger partial charge < -0.3 is 20.3 Å². The summed E-state index contributed by atoms with van der Waals surface area (Å²) in [5, 5.41) is 20.9. The molecule has 1 aromatic rings. The van der Waals surface area contributed by atoms with Crippen molar-refractivity contribution in [3.63, 3.8) is 0 Å². The third-order valence-corrected chi connectivity index (χ3v) is 2.89. The highest BCUT2D eigenvalue weighted by Crippen LogP contribution is 2.07. The Morgan fingerprint density at radius 2 is 1.95 bits per heavy atom. The molecule has 0 unspecified atom stereocenters. The lowest BCUT2D eigenvalue weighted by molar-refractivity contribution is -0.133. The Balaban J connectivity index is 2.36. The second kappa shape index (κ2) is 8.06. The first-order valence-corrected chi connectivity index (χ1v) is 6.46. The molecule has 114 valence electrons. The molecule has 0 aromatic heterocycles. The highest BCUT2D eigenvalue weighted by molar-refractivity contribution is 5.85. The van der Waals surface area contributed by atoms with Crippen molar-refractivity contribution in [2.75, 3.05) is 0 Å². The zero-order valence-electron chi connectivity index (χ0n) is 11.8. The van der Waals surface area contributed by atoms with Gasteiger partial charge in [-0.2, -0.15) is 0 Å².